The first-order valence-corrected chi connectivity index (χ1v) is 8.35. The van der Waals surface area contributed by atoms with Crippen molar-refractivity contribution in [2.45, 2.75) is 31.1 Å². The van der Waals surface area contributed by atoms with E-state index in [0.717, 1.165) is 12.8 Å². The molecule has 0 heterocycles. The Kier molecular flexibility index (Phi) is 5.90. The molecule has 0 aliphatic carbocycles. The van der Waals surface area contributed by atoms with Crippen LogP contribution in [0.3, 0.4) is 0 Å². The Labute approximate surface area is 120 Å². The lowest BCUT2D eigenvalue weighted by atomic mass is 10.1. The molecule has 1 aromatic rings. The summed E-state index contributed by atoms with van der Waals surface area (Å²) in [5.41, 5.74) is 0.693. The van der Waals surface area contributed by atoms with Gasteiger partial charge in [0.1, 0.15) is 16.0 Å². The van der Waals surface area contributed by atoms with Crippen molar-refractivity contribution < 1.29 is 17.4 Å². The first-order valence-electron chi connectivity index (χ1n) is 5.62. The number of benzene rings is 1. The maximum atomic E-state index is 12.0. The zero-order chi connectivity index (χ0) is 14.5. The Bertz CT molecular complexity index is 631. The van der Waals surface area contributed by atoms with Crippen molar-refractivity contribution in [3.8, 4) is 0 Å². The van der Waals surface area contributed by atoms with Crippen LogP contribution in [0.4, 0.5) is 0 Å². The third kappa shape index (κ3) is 4.26. The van der Waals surface area contributed by atoms with E-state index in [1.807, 2.05) is 6.92 Å². The molecule has 0 radical (unpaired) electrons. The number of rotatable bonds is 6. The second-order valence-corrected chi connectivity index (χ2v) is 6.77. The zero-order valence-electron chi connectivity index (χ0n) is 10.3. The van der Waals surface area contributed by atoms with E-state index >= 15 is 0 Å². The molecular formula is C12H13ClO4S2. The molecule has 0 amide bonds. The third-order valence-electron chi connectivity index (χ3n) is 2.57. The number of hydrogen-bond acceptors (Lipinski definition) is 4. The monoisotopic (exact) mass is 320 g/mol. The van der Waals surface area contributed by atoms with Crippen molar-refractivity contribution in [1.29, 1.82) is 0 Å². The predicted octanol–water partition coefficient (Wildman–Crippen LogP) is 2.15. The van der Waals surface area contributed by atoms with Crippen LogP contribution < -0.4 is 0 Å². The molecule has 19 heavy (non-hydrogen) atoms. The van der Waals surface area contributed by atoms with Crippen LogP contribution in [0.15, 0.2) is 23.1 Å². The van der Waals surface area contributed by atoms with Crippen LogP contribution in [-0.2, 0) is 27.5 Å². The molecule has 0 aliphatic rings. The van der Waals surface area contributed by atoms with Crippen molar-refractivity contribution in [1.82, 2.24) is 0 Å². The fourth-order valence-electron chi connectivity index (χ4n) is 1.62. The minimum atomic E-state index is -3.81. The highest BCUT2D eigenvalue weighted by atomic mass is 35.5. The van der Waals surface area contributed by atoms with E-state index < -0.39 is 15.1 Å². The van der Waals surface area contributed by atoms with Gasteiger partial charge in [-0.15, -0.1) is 0 Å². The first kappa shape index (κ1) is 16.1. The van der Waals surface area contributed by atoms with Gasteiger partial charge in [-0.3, -0.25) is 4.79 Å². The van der Waals surface area contributed by atoms with E-state index in [-0.39, 0.29) is 21.7 Å². The van der Waals surface area contributed by atoms with Crippen molar-refractivity contribution in [3.63, 3.8) is 0 Å². The van der Waals surface area contributed by atoms with Gasteiger partial charge in [0.05, 0.1) is 4.90 Å². The molecule has 0 aliphatic heterocycles. The maximum Gasteiger partial charge on any atom is 0.252 e. The summed E-state index contributed by atoms with van der Waals surface area (Å²) in [5, 5.41) is -0.728. The largest absolute Gasteiger partial charge is 0.276 e. The molecular weight excluding hydrogens is 308 g/mol. The minimum absolute atomic E-state index is 0.0178. The molecule has 1 rings (SSSR count). The molecule has 0 fully saturated rings. The van der Waals surface area contributed by atoms with Crippen molar-refractivity contribution >= 4 is 42.6 Å². The Morgan fingerprint density at radius 1 is 1.42 bits per heavy atom. The average molecular weight is 321 g/mol. The van der Waals surface area contributed by atoms with Crippen LogP contribution in [-0.4, -0.2) is 22.6 Å². The van der Waals surface area contributed by atoms with Gasteiger partial charge in [-0.2, -0.15) is 0 Å². The fourth-order valence-corrected chi connectivity index (χ4v) is 3.39. The van der Waals surface area contributed by atoms with Gasteiger partial charge in [-0.25, -0.2) is 12.6 Å². The SMILES string of the molecule is CCCCc1ccc(C(=O)Cl)cc1S(=O)(=O)C=S=O. The predicted molar refractivity (Wildman–Crippen MR) is 76.6 cm³/mol. The fraction of sp³-hybridized carbons (Fsp3) is 0.333. The molecule has 1 aromatic carbocycles. The highest BCUT2D eigenvalue weighted by Gasteiger charge is 2.18. The second-order valence-electron chi connectivity index (χ2n) is 3.94. The highest BCUT2D eigenvalue weighted by Crippen LogP contribution is 2.21. The molecule has 104 valence electrons. The zero-order valence-corrected chi connectivity index (χ0v) is 12.6. The van der Waals surface area contributed by atoms with Gasteiger partial charge in [0, 0.05) is 5.56 Å². The van der Waals surface area contributed by atoms with Crippen molar-refractivity contribution in [2.75, 3.05) is 0 Å². The second kappa shape index (κ2) is 6.98. The van der Waals surface area contributed by atoms with Gasteiger partial charge in [-0.1, -0.05) is 19.4 Å². The van der Waals surface area contributed by atoms with Gasteiger partial charge in [0.15, 0.2) is 0 Å². The summed E-state index contributed by atoms with van der Waals surface area (Å²) in [5.74, 6) is 0. The van der Waals surface area contributed by atoms with Gasteiger partial charge in [0.25, 0.3) is 5.24 Å². The molecule has 0 N–H and O–H groups in total. The van der Waals surface area contributed by atoms with Crippen molar-refractivity contribution in [3.05, 3.63) is 29.3 Å². The van der Waals surface area contributed by atoms with Crippen molar-refractivity contribution in [2.24, 2.45) is 0 Å². The molecule has 0 unspecified atom stereocenters. The van der Waals surface area contributed by atoms with Crippen LogP contribution in [0.25, 0.3) is 0 Å². The number of carbonyl (C=O) groups is 1. The van der Waals surface area contributed by atoms with Gasteiger partial charge >= 0.3 is 0 Å². The first-order chi connectivity index (χ1) is 8.92. The summed E-state index contributed by atoms with van der Waals surface area (Å²) >= 11 is 5.22. The Hall–Kier alpha value is -0.980. The highest BCUT2D eigenvalue weighted by molar-refractivity contribution is 8.12. The number of hydrogen-bond donors (Lipinski definition) is 0. The number of unbranched alkanes of at least 4 members (excludes halogenated alkanes) is 1. The van der Waals surface area contributed by atoms with E-state index in [9.17, 15) is 17.4 Å². The molecule has 0 saturated heterocycles. The van der Waals surface area contributed by atoms with E-state index in [4.69, 9.17) is 11.6 Å². The van der Waals surface area contributed by atoms with Crippen LogP contribution in [0.2, 0.25) is 0 Å². The number of aryl methyl sites for hydroxylation is 1. The average Bonchev–Trinajstić information content (AvgIpc) is 2.35. The molecule has 0 saturated carbocycles. The standard InChI is InChI=1S/C12H13ClO4S2/c1-2-3-4-9-5-6-10(12(13)14)7-11(9)19(16,17)8-18-15/h5-8H,2-4H2,1H3. The molecule has 0 atom stereocenters. The van der Waals surface area contributed by atoms with Crippen LogP contribution in [0.5, 0.6) is 0 Å². The summed E-state index contributed by atoms with van der Waals surface area (Å²) in [7, 11) is -3.81. The lowest BCUT2D eigenvalue weighted by molar-refractivity contribution is 0.108. The van der Waals surface area contributed by atoms with E-state index in [0.29, 0.717) is 16.7 Å². The lowest BCUT2D eigenvalue weighted by Gasteiger charge is -2.08. The summed E-state index contributed by atoms with van der Waals surface area (Å²) in [6.45, 7) is 1.99. The third-order valence-corrected chi connectivity index (χ3v) is 5.11. The maximum absolute atomic E-state index is 12.0. The van der Waals surface area contributed by atoms with Crippen LogP contribution >= 0.6 is 11.6 Å². The lowest BCUT2D eigenvalue weighted by Crippen LogP contribution is -2.07. The molecule has 0 aromatic heterocycles. The number of halogens is 1. The molecule has 0 spiro atoms. The Morgan fingerprint density at radius 3 is 2.63 bits per heavy atom. The van der Waals surface area contributed by atoms with Crippen LogP contribution in [0.1, 0.15) is 35.7 Å². The quantitative estimate of drug-likeness (QED) is 0.595. The van der Waals surface area contributed by atoms with E-state index in [2.05, 4.69) is 0 Å². The summed E-state index contributed by atoms with van der Waals surface area (Å²) < 4.78 is 35.0. The van der Waals surface area contributed by atoms with Crippen LogP contribution in [0, 0.1) is 0 Å². The topological polar surface area (TPSA) is 68.3 Å². The molecule has 7 heteroatoms. The van der Waals surface area contributed by atoms with Gasteiger partial charge in [-0.05, 0) is 42.1 Å². The summed E-state index contributed by atoms with van der Waals surface area (Å²) in [6.07, 6.45) is 2.30. The molecule has 0 bridgehead atoms. The minimum Gasteiger partial charge on any atom is -0.276 e. The van der Waals surface area contributed by atoms with Gasteiger partial charge in [0.2, 0.25) is 9.84 Å². The van der Waals surface area contributed by atoms with Gasteiger partial charge < -0.3 is 0 Å². The Balaban J connectivity index is 3.41. The smallest absolute Gasteiger partial charge is 0.252 e. The number of carbonyl (C=O) groups excluding carboxylic acids is 1. The summed E-state index contributed by atoms with van der Waals surface area (Å²) in [4.78, 5) is 11.1. The summed E-state index contributed by atoms with van der Waals surface area (Å²) in [6, 6.07) is 4.29. The molecule has 4 nitrogen and oxygen atoms in total. The van der Waals surface area contributed by atoms with E-state index in [1.54, 1.807) is 6.07 Å². The number of sulfone groups is 1. The Morgan fingerprint density at radius 2 is 2.11 bits per heavy atom. The normalized spacial score (nSPS) is 11.1. The van der Waals surface area contributed by atoms with E-state index in [1.165, 1.54) is 12.1 Å².